The minimum absolute atomic E-state index is 0.293. The van der Waals surface area contributed by atoms with Crippen molar-refractivity contribution in [1.82, 2.24) is 4.90 Å². The van der Waals surface area contributed by atoms with Crippen LogP contribution in [-0.2, 0) is 4.74 Å². The van der Waals surface area contributed by atoms with E-state index in [1.807, 2.05) is 0 Å². The molecule has 1 N–H and O–H groups in total. The predicted molar refractivity (Wildman–Crippen MR) is 131 cm³/mol. The monoisotopic (exact) mass is 415 g/mol. The molecule has 0 aliphatic rings. The van der Waals surface area contributed by atoms with Crippen molar-refractivity contribution in [3.63, 3.8) is 0 Å². The van der Waals surface area contributed by atoms with Crippen molar-refractivity contribution in [3.8, 4) is 0 Å². The number of ether oxygens (including phenoxy) is 1. The second kappa shape index (κ2) is 30.1. The molecule has 0 amide bonds. The lowest BCUT2D eigenvalue weighted by molar-refractivity contribution is 0.125. The Bertz CT molecular complexity index is 259. The van der Waals surface area contributed by atoms with Gasteiger partial charge in [-0.05, 0) is 38.8 Å². The van der Waals surface area contributed by atoms with E-state index in [2.05, 4.69) is 32.6 Å². The van der Waals surface area contributed by atoms with Gasteiger partial charge in [0.05, 0.1) is 6.61 Å². The number of aliphatic hydroxyl groups is 1. The molecule has 0 saturated carbocycles. The first-order chi connectivity index (χ1) is 14.3. The van der Waals surface area contributed by atoms with Crippen molar-refractivity contribution in [2.45, 2.75) is 130 Å². The predicted octanol–water partition coefficient (Wildman–Crippen LogP) is 7.60. The van der Waals surface area contributed by atoms with Crippen LogP contribution in [0.25, 0.3) is 0 Å². The summed E-state index contributed by atoms with van der Waals surface area (Å²) >= 11 is 0. The SMILES string of the molecule is CCCC.CCCCCCCOCCCCCCN(CCO)CCCCCCC. The van der Waals surface area contributed by atoms with E-state index in [4.69, 9.17) is 4.74 Å². The molecular weight excluding hydrogens is 358 g/mol. The van der Waals surface area contributed by atoms with Gasteiger partial charge in [0.2, 0.25) is 0 Å². The summed E-state index contributed by atoms with van der Waals surface area (Å²) in [5, 5.41) is 9.21. The maximum Gasteiger partial charge on any atom is 0.0558 e. The van der Waals surface area contributed by atoms with Gasteiger partial charge in [0.25, 0.3) is 0 Å². The smallest absolute Gasteiger partial charge is 0.0558 e. The molecule has 0 unspecified atom stereocenters. The molecule has 0 saturated heterocycles. The quantitative estimate of drug-likeness (QED) is 0.185. The van der Waals surface area contributed by atoms with E-state index < -0.39 is 0 Å². The van der Waals surface area contributed by atoms with E-state index in [9.17, 15) is 5.11 Å². The first-order valence-corrected chi connectivity index (χ1v) is 13.2. The second-order valence-electron chi connectivity index (χ2n) is 8.42. The van der Waals surface area contributed by atoms with Crippen LogP contribution < -0.4 is 0 Å². The highest BCUT2D eigenvalue weighted by atomic mass is 16.5. The lowest BCUT2D eigenvalue weighted by Crippen LogP contribution is -2.29. The van der Waals surface area contributed by atoms with Crippen molar-refractivity contribution in [2.75, 3.05) is 39.5 Å². The average molecular weight is 416 g/mol. The summed E-state index contributed by atoms with van der Waals surface area (Å²) in [6, 6.07) is 0. The zero-order valence-corrected chi connectivity index (χ0v) is 20.9. The summed E-state index contributed by atoms with van der Waals surface area (Å²) in [6.07, 6.45) is 20.9. The topological polar surface area (TPSA) is 32.7 Å². The van der Waals surface area contributed by atoms with Crippen molar-refractivity contribution < 1.29 is 9.84 Å². The van der Waals surface area contributed by atoms with Gasteiger partial charge in [0, 0.05) is 19.8 Å². The molecule has 0 radical (unpaired) electrons. The summed E-state index contributed by atoms with van der Waals surface area (Å²) in [4.78, 5) is 2.44. The molecule has 0 atom stereocenters. The van der Waals surface area contributed by atoms with Crippen LogP contribution in [0, 0.1) is 0 Å². The third-order valence-electron chi connectivity index (χ3n) is 5.40. The van der Waals surface area contributed by atoms with E-state index >= 15 is 0 Å². The van der Waals surface area contributed by atoms with Crippen LogP contribution in [0.2, 0.25) is 0 Å². The number of unbranched alkanes of at least 4 members (excludes halogenated alkanes) is 12. The van der Waals surface area contributed by atoms with Gasteiger partial charge in [-0.2, -0.15) is 0 Å². The summed E-state index contributed by atoms with van der Waals surface area (Å²) in [7, 11) is 0. The van der Waals surface area contributed by atoms with Crippen LogP contribution in [0.5, 0.6) is 0 Å². The number of hydrogen-bond donors (Lipinski definition) is 1. The molecule has 0 heterocycles. The zero-order valence-electron chi connectivity index (χ0n) is 20.9. The van der Waals surface area contributed by atoms with Gasteiger partial charge in [-0.25, -0.2) is 0 Å². The highest BCUT2D eigenvalue weighted by Gasteiger charge is 2.03. The molecule has 0 rings (SSSR count). The highest BCUT2D eigenvalue weighted by Crippen LogP contribution is 2.07. The Labute approximate surface area is 185 Å². The lowest BCUT2D eigenvalue weighted by Gasteiger charge is -2.21. The molecule has 0 fully saturated rings. The van der Waals surface area contributed by atoms with E-state index in [1.54, 1.807) is 0 Å². The molecule has 0 spiro atoms. The zero-order chi connectivity index (χ0) is 21.8. The van der Waals surface area contributed by atoms with Gasteiger partial charge < -0.3 is 14.7 Å². The van der Waals surface area contributed by atoms with Crippen LogP contribution in [0.1, 0.15) is 130 Å². The Morgan fingerprint density at radius 3 is 1.28 bits per heavy atom. The normalized spacial score (nSPS) is 11.0. The largest absolute Gasteiger partial charge is 0.395 e. The summed E-state index contributed by atoms with van der Waals surface area (Å²) < 4.78 is 5.72. The summed E-state index contributed by atoms with van der Waals surface area (Å²) in [6.45, 7) is 14.2. The van der Waals surface area contributed by atoms with Crippen LogP contribution >= 0.6 is 0 Å². The Balaban J connectivity index is 0. The molecule has 0 aliphatic heterocycles. The number of hydrogen-bond acceptors (Lipinski definition) is 3. The molecule has 178 valence electrons. The molecular formula is C26H57NO2. The van der Waals surface area contributed by atoms with Gasteiger partial charge >= 0.3 is 0 Å². The van der Waals surface area contributed by atoms with Crippen LogP contribution in [0.15, 0.2) is 0 Å². The molecule has 3 nitrogen and oxygen atoms in total. The van der Waals surface area contributed by atoms with E-state index in [0.29, 0.717) is 6.61 Å². The first-order valence-electron chi connectivity index (χ1n) is 13.2. The minimum Gasteiger partial charge on any atom is -0.395 e. The van der Waals surface area contributed by atoms with Crippen LogP contribution in [0.3, 0.4) is 0 Å². The lowest BCUT2D eigenvalue weighted by atomic mass is 10.1. The molecule has 0 aromatic heterocycles. The molecule has 0 aromatic rings. The van der Waals surface area contributed by atoms with Crippen molar-refractivity contribution in [2.24, 2.45) is 0 Å². The van der Waals surface area contributed by atoms with Crippen LogP contribution in [-0.4, -0.2) is 49.5 Å². The van der Waals surface area contributed by atoms with Gasteiger partial charge in [0.1, 0.15) is 0 Å². The minimum atomic E-state index is 0.293. The van der Waals surface area contributed by atoms with E-state index in [0.717, 1.165) is 32.8 Å². The fraction of sp³-hybridized carbons (Fsp3) is 1.00. The molecule has 0 bridgehead atoms. The van der Waals surface area contributed by atoms with Crippen molar-refractivity contribution in [3.05, 3.63) is 0 Å². The fourth-order valence-electron chi connectivity index (χ4n) is 3.22. The van der Waals surface area contributed by atoms with Gasteiger partial charge in [-0.15, -0.1) is 0 Å². The van der Waals surface area contributed by atoms with Crippen molar-refractivity contribution >= 4 is 0 Å². The summed E-state index contributed by atoms with van der Waals surface area (Å²) in [5.74, 6) is 0. The number of nitrogens with zero attached hydrogens (tertiary/aromatic N) is 1. The molecule has 0 aliphatic carbocycles. The fourth-order valence-corrected chi connectivity index (χ4v) is 3.22. The van der Waals surface area contributed by atoms with Gasteiger partial charge in [-0.3, -0.25) is 0 Å². The molecule has 0 aromatic carbocycles. The highest BCUT2D eigenvalue weighted by molar-refractivity contribution is 4.58. The Morgan fingerprint density at radius 2 is 0.897 bits per heavy atom. The maximum absolute atomic E-state index is 9.21. The second-order valence-corrected chi connectivity index (χ2v) is 8.42. The maximum atomic E-state index is 9.21. The number of aliphatic hydroxyl groups excluding tert-OH is 1. The summed E-state index contributed by atoms with van der Waals surface area (Å²) in [5.41, 5.74) is 0. The Kier molecular flexibility index (Phi) is 32.2. The van der Waals surface area contributed by atoms with E-state index in [-0.39, 0.29) is 0 Å². The molecule has 3 heteroatoms. The average Bonchev–Trinajstić information content (AvgIpc) is 2.74. The Morgan fingerprint density at radius 1 is 0.483 bits per heavy atom. The van der Waals surface area contributed by atoms with E-state index in [1.165, 1.54) is 103 Å². The van der Waals surface area contributed by atoms with Crippen molar-refractivity contribution in [1.29, 1.82) is 0 Å². The van der Waals surface area contributed by atoms with Gasteiger partial charge in [-0.1, -0.05) is 105 Å². The standard InChI is InChI=1S/C22H47NO2.C4H10/c1-3-5-7-9-13-17-23(19-20-24)18-14-10-12-16-22-25-21-15-11-8-6-4-2;1-3-4-2/h24H,3-22H2,1-2H3;3-4H2,1-2H3. The third kappa shape index (κ3) is 30.2. The van der Waals surface area contributed by atoms with Gasteiger partial charge in [0.15, 0.2) is 0 Å². The number of rotatable bonds is 22. The Hall–Kier alpha value is -0.120. The first kappa shape index (κ1) is 31.1. The van der Waals surface area contributed by atoms with Crippen LogP contribution in [0.4, 0.5) is 0 Å². The molecule has 29 heavy (non-hydrogen) atoms. The third-order valence-corrected chi connectivity index (χ3v) is 5.40.